The van der Waals surface area contributed by atoms with Gasteiger partial charge in [-0.05, 0) is 43.9 Å². The van der Waals surface area contributed by atoms with E-state index in [1.165, 1.54) is 0 Å². The number of H-pyrrole nitrogens is 1. The van der Waals surface area contributed by atoms with Crippen molar-refractivity contribution in [3.63, 3.8) is 0 Å². The Hall–Kier alpha value is -2.52. The van der Waals surface area contributed by atoms with E-state index in [1.54, 1.807) is 6.20 Å². The van der Waals surface area contributed by atoms with Gasteiger partial charge in [0.15, 0.2) is 0 Å². The predicted octanol–water partition coefficient (Wildman–Crippen LogP) is 5.92. The normalized spacial score (nSPS) is 13.2. The fourth-order valence-corrected chi connectivity index (χ4v) is 3.26. The Labute approximate surface area is 182 Å². The quantitative estimate of drug-likeness (QED) is 0.474. The monoisotopic (exact) mass is 425 g/mol. The van der Waals surface area contributed by atoms with Crippen LogP contribution < -0.4 is 5.32 Å². The van der Waals surface area contributed by atoms with Gasteiger partial charge in [0.05, 0.1) is 17.9 Å². The average molecular weight is 426 g/mol. The number of rotatable bonds is 3. The first-order valence-electron chi connectivity index (χ1n) is 10.3. The zero-order valence-corrected chi connectivity index (χ0v) is 20.7. The number of nitrogens with one attached hydrogen (secondary N) is 2. The van der Waals surface area contributed by atoms with Gasteiger partial charge in [0.2, 0.25) is 0 Å². The number of alkyl carbamates (subject to hydrolysis) is 1. The summed E-state index contributed by atoms with van der Waals surface area (Å²) >= 11 is 0. The van der Waals surface area contributed by atoms with E-state index >= 15 is 0 Å². The minimum Gasteiger partial charge on any atom is -0.444 e. The van der Waals surface area contributed by atoms with Crippen molar-refractivity contribution < 1.29 is 9.53 Å². The maximum Gasteiger partial charge on any atom is 0.408 e. The fourth-order valence-electron chi connectivity index (χ4n) is 2.74. The lowest BCUT2D eigenvalue weighted by atomic mass is 9.86. The minimum absolute atomic E-state index is 0.248. The number of nitrogens with zero attached hydrogens (tertiary/aromatic N) is 1. The third-order valence-electron chi connectivity index (χ3n) is 4.17. The van der Waals surface area contributed by atoms with Crippen LogP contribution in [0.4, 0.5) is 4.79 Å². The van der Waals surface area contributed by atoms with Gasteiger partial charge < -0.3 is 15.0 Å². The number of aromatic amines is 1. The molecule has 0 aliphatic rings. The Morgan fingerprint density at radius 1 is 1.10 bits per heavy atom. The molecule has 2 N–H and O–H groups in total. The van der Waals surface area contributed by atoms with Crippen molar-refractivity contribution in [3.05, 3.63) is 41.9 Å². The van der Waals surface area contributed by atoms with Gasteiger partial charge in [0.1, 0.15) is 19.5 Å². The number of carbonyl (C=O) groups excluding carboxylic acids is 1. The van der Waals surface area contributed by atoms with Crippen molar-refractivity contribution in [1.29, 1.82) is 0 Å². The molecule has 2 rings (SSSR count). The molecule has 0 aliphatic heterocycles. The smallest absolute Gasteiger partial charge is 0.408 e. The molecule has 1 heterocycles. The van der Waals surface area contributed by atoms with E-state index in [4.69, 9.17) is 4.74 Å². The molecule has 6 heteroatoms. The first kappa shape index (κ1) is 23.8. The lowest BCUT2D eigenvalue weighted by Gasteiger charge is -2.31. The number of imidazole rings is 1. The molecule has 1 amide bonds. The number of hydrogen-bond donors (Lipinski definition) is 2. The molecule has 0 fully saturated rings. The first-order chi connectivity index (χ1) is 13.6. The molecule has 0 saturated heterocycles. The summed E-state index contributed by atoms with van der Waals surface area (Å²) in [5.41, 5.74) is 5.52. The third kappa shape index (κ3) is 7.38. The summed E-state index contributed by atoms with van der Waals surface area (Å²) in [6, 6.07) is 7.83. The molecule has 162 valence electrons. The van der Waals surface area contributed by atoms with Crippen LogP contribution in [-0.2, 0) is 4.74 Å². The zero-order chi connectivity index (χ0) is 22.7. The molecule has 5 nitrogen and oxygen atoms in total. The van der Waals surface area contributed by atoms with Crippen molar-refractivity contribution in [3.8, 4) is 22.7 Å². The molecule has 0 saturated carbocycles. The van der Waals surface area contributed by atoms with Crippen molar-refractivity contribution in [2.45, 2.75) is 72.8 Å². The van der Waals surface area contributed by atoms with E-state index in [2.05, 4.69) is 67.2 Å². The van der Waals surface area contributed by atoms with Crippen molar-refractivity contribution in [2.75, 3.05) is 0 Å². The topological polar surface area (TPSA) is 67.0 Å². The lowest BCUT2D eigenvalue weighted by molar-refractivity contribution is 0.0458. The molecule has 1 aromatic heterocycles. The SMILES string of the molecule is CC(C)(C)OC(=O)NC(c1ncc(-c2ccc(C#C[Si](C)(C)C)cc2)[nH]1)C(C)(C)C. The molecule has 1 atom stereocenters. The van der Waals surface area contributed by atoms with Crippen LogP contribution >= 0.6 is 0 Å². The number of benzene rings is 1. The molecule has 2 aromatic rings. The Kier molecular flexibility index (Phi) is 6.88. The second kappa shape index (κ2) is 8.69. The van der Waals surface area contributed by atoms with Crippen LogP contribution in [0, 0.1) is 16.9 Å². The molecule has 0 aliphatic carbocycles. The van der Waals surface area contributed by atoms with Gasteiger partial charge in [-0.2, -0.15) is 0 Å². The average Bonchev–Trinajstić information content (AvgIpc) is 3.04. The maximum atomic E-state index is 12.4. The van der Waals surface area contributed by atoms with Gasteiger partial charge in [-0.25, -0.2) is 9.78 Å². The Balaban J connectivity index is 2.23. The highest BCUT2D eigenvalue weighted by atomic mass is 28.3. The number of carbonyl (C=O) groups is 1. The lowest BCUT2D eigenvalue weighted by Crippen LogP contribution is -2.40. The molecule has 0 bridgehead atoms. The van der Waals surface area contributed by atoms with Crippen LogP contribution in [0.1, 0.15) is 59.0 Å². The Morgan fingerprint density at radius 2 is 1.70 bits per heavy atom. The summed E-state index contributed by atoms with van der Waals surface area (Å²) in [6.07, 6.45) is 1.35. The van der Waals surface area contributed by atoms with Gasteiger partial charge in [-0.3, -0.25) is 0 Å². The second-order valence-corrected chi connectivity index (χ2v) is 15.5. The molecular weight excluding hydrogens is 390 g/mol. The van der Waals surface area contributed by atoms with Crippen LogP contribution in [0.3, 0.4) is 0 Å². The van der Waals surface area contributed by atoms with Gasteiger partial charge in [0, 0.05) is 5.56 Å². The van der Waals surface area contributed by atoms with Gasteiger partial charge in [-0.1, -0.05) is 58.5 Å². The van der Waals surface area contributed by atoms with Crippen LogP contribution in [0.25, 0.3) is 11.3 Å². The highest BCUT2D eigenvalue weighted by molar-refractivity contribution is 6.83. The molecular formula is C24H35N3O2Si. The number of aromatic nitrogens is 2. The first-order valence-corrected chi connectivity index (χ1v) is 13.8. The predicted molar refractivity (Wildman–Crippen MR) is 126 cm³/mol. The molecule has 30 heavy (non-hydrogen) atoms. The highest BCUT2D eigenvalue weighted by Crippen LogP contribution is 2.32. The second-order valence-electron chi connectivity index (χ2n) is 10.7. The Bertz CT molecular complexity index is 930. The van der Waals surface area contributed by atoms with Crippen LogP contribution in [0.5, 0.6) is 0 Å². The van der Waals surface area contributed by atoms with Crippen LogP contribution in [0.2, 0.25) is 19.6 Å². The summed E-state index contributed by atoms with van der Waals surface area (Å²) in [5, 5.41) is 2.97. The van der Waals surface area contributed by atoms with E-state index < -0.39 is 19.8 Å². The summed E-state index contributed by atoms with van der Waals surface area (Å²) in [6.45, 7) is 18.4. The largest absolute Gasteiger partial charge is 0.444 e. The fraction of sp³-hybridized carbons (Fsp3) is 0.500. The van der Waals surface area contributed by atoms with Gasteiger partial charge in [0.25, 0.3) is 0 Å². The van der Waals surface area contributed by atoms with E-state index in [9.17, 15) is 4.79 Å². The number of amides is 1. The third-order valence-corrected chi connectivity index (χ3v) is 5.05. The van der Waals surface area contributed by atoms with Crippen molar-refractivity contribution in [1.82, 2.24) is 15.3 Å². The number of hydrogen-bond acceptors (Lipinski definition) is 3. The standard InChI is InChI=1S/C24H35N3O2Si/c1-23(2,3)20(27-22(28)29-24(4,5)6)21-25-16-19(26-21)18-12-10-17(11-13-18)14-15-30(7,8)9/h10-13,16,20H,1-9H3,(H,25,26)(H,27,28). The summed E-state index contributed by atoms with van der Waals surface area (Å²) in [5.74, 6) is 3.97. The maximum absolute atomic E-state index is 12.4. The molecule has 1 aromatic carbocycles. The van der Waals surface area contributed by atoms with E-state index in [-0.39, 0.29) is 11.5 Å². The summed E-state index contributed by atoms with van der Waals surface area (Å²) < 4.78 is 5.43. The molecule has 1 unspecified atom stereocenters. The molecule has 0 spiro atoms. The van der Waals surface area contributed by atoms with E-state index in [1.807, 2.05) is 45.0 Å². The minimum atomic E-state index is -1.40. The Morgan fingerprint density at radius 3 is 2.20 bits per heavy atom. The van der Waals surface area contributed by atoms with Crippen LogP contribution in [0.15, 0.2) is 30.5 Å². The molecule has 0 radical (unpaired) electrons. The zero-order valence-electron chi connectivity index (χ0n) is 19.7. The number of ether oxygens (including phenoxy) is 1. The van der Waals surface area contributed by atoms with E-state index in [0.717, 1.165) is 16.8 Å². The van der Waals surface area contributed by atoms with E-state index in [0.29, 0.717) is 5.82 Å². The van der Waals surface area contributed by atoms with Gasteiger partial charge in [-0.15, -0.1) is 5.54 Å². The van der Waals surface area contributed by atoms with Crippen molar-refractivity contribution >= 4 is 14.2 Å². The summed E-state index contributed by atoms with van der Waals surface area (Å²) in [7, 11) is -1.40. The highest BCUT2D eigenvalue weighted by Gasteiger charge is 2.32. The van der Waals surface area contributed by atoms with Gasteiger partial charge >= 0.3 is 6.09 Å². The van der Waals surface area contributed by atoms with Crippen molar-refractivity contribution in [2.24, 2.45) is 5.41 Å². The van der Waals surface area contributed by atoms with Crippen LogP contribution in [-0.4, -0.2) is 29.7 Å². The summed E-state index contributed by atoms with van der Waals surface area (Å²) in [4.78, 5) is 20.3.